The number of aromatic nitrogens is 2. The molecule has 3 aromatic rings. The first kappa shape index (κ1) is 25.2. The van der Waals surface area contributed by atoms with E-state index in [9.17, 15) is 5.11 Å². The van der Waals surface area contributed by atoms with Crippen LogP contribution in [0.3, 0.4) is 0 Å². The second-order valence-electron chi connectivity index (χ2n) is 9.14. The number of aliphatic hydroxyl groups excluding tert-OH is 1. The van der Waals surface area contributed by atoms with Gasteiger partial charge in [0, 0.05) is 31.8 Å². The van der Waals surface area contributed by atoms with Gasteiger partial charge in [-0.2, -0.15) is 5.10 Å². The van der Waals surface area contributed by atoms with Crippen LogP contribution >= 0.6 is 0 Å². The summed E-state index contributed by atoms with van der Waals surface area (Å²) in [5.74, 6) is 2.10. The topological polar surface area (TPSA) is 69.0 Å². The number of aryl methyl sites for hydroxylation is 1. The lowest BCUT2D eigenvalue weighted by Gasteiger charge is -2.25. The largest absolute Gasteiger partial charge is 0.497 e. The molecule has 2 aromatic carbocycles. The Bertz CT molecular complexity index is 1070. The Kier molecular flexibility index (Phi) is 8.79. The number of benzene rings is 2. The van der Waals surface area contributed by atoms with E-state index in [-0.39, 0.29) is 0 Å². The molecular weight excluding hydrogens is 442 g/mol. The van der Waals surface area contributed by atoms with Crippen molar-refractivity contribution in [3.8, 4) is 23.1 Å². The molecule has 4 rings (SSSR count). The summed E-state index contributed by atoms with van der Waals surface area (Å²) in [6.45, 7) is 6.41. The summed E-state index contributed by atoms with van der Waals surface area (Å²) in [5.41, 5.74) is 2.86. The Hall–Kier alpha value is -2.87. The molecule has 0 saturated heterocycles. The summed E-state index contributed by atoms with van der Waals surface area (Å²) in [6.07, 6.45) is 3.86. The van der Waals surface area contributed by atoms with Gasteiger partial charge in [0.05, 0.1) is 36.8 Å². The van der Waals surface area contributed by atoms with Crippen LogP contribution in [0.5, 0.6) is 17.4 Å². The molecule has 1 heterocycles. The zero-order valence-electron chi connectivity index (χ0n) is 21.0. The molecule has 0 unspecified atom stereocenters. The number of rotatable bonds is 14. The summed E-state index contributed by atoms with van der Waals surface area (Å²) in [6, 6.07) is 18.1. The Morgan fingerprint density at radius 3 is 2.60 bits per heavy atom. The first-order chi connectivity index (χ1) is 17.1. The highest BCUT2D eigenvalue weighted by Crippen LogP contribution is 2.35. The number of methoxy groups -OCH3 is 1. The number of nitrogens with zero attached hydrogens (tertiary/aromatic N) is 3. The van der Waals surface area contributed by atoms with Crippen LogP contribution in [0, 0.1) is 6.92 Å². The molecule has 1 aromatic heterocycles. The third-order valence-electron chi connectivity index (χ3n) is 6.22. The molecule has 188 valence electrons. The maximum absolute atomic E-state index is 10.7. The van der Waals surface area contributed by atoms with Crippen LogP contribution in [0.4, 0.5) is 0 Å². The quantitative estimate of drug-likeness (QED) is 0.324. The zero-order valence-corrected chi connectivity index (χ0v) is 21.0. The van der Waals surface area contributed by atoms with E-state index in [0.717, 1.165) is 48.4 Å². The first-order valence-electron chi connectivity index (χ1n) is 12.5. The molecule has 0 bridgehead atoms. The minimum Gasteiger partial charge on any atom is -0.497 e. The molecule has 1 fully saturated rings. The minimum atomic E-state index is -0.528. The third kappa shape index (κ3) is 6.84. The molecule has 1 aliphatic carbocycles. The Labute approximate surface area is 208 Å². The SMILES string of the molecule is CCCCOC[C@H](O)CN(Cc1c(C)nn(-c2ccccc2)c1Oc1cccc(OC)c1)C1CC1. The Morgan fingerprint density at radius 2 is 1.89 bits per heavy atom. The molecule has 0 aliphatic heterocycles. The molecule has 7 heteroatoms. The summed E-state index contributed by atoms with van der Waals surface area (Å²) in [5, 5.41) is 15.5. The van der Waals surface area contributed by atoms with Crippen molar-refractivity contribution in [1.82, 2.24) is 14.7 Å². The second kappa shape index (κ2) is 12.2. The van der Waals surface area contributed by atoms with E-state index in [0.29, 0.717) is 44.0 Å². The summed E-state index contributed by atoms with van der Waals surface area (Å²) >= 11 is 0. The van der Waals surface area contributed by atoms with Crippen molar-refractivity contribution in [3.05, 3.63) is 65.9 Å². The van der Waals surface area contributed by atoms with Crippen LogP contribution in [-0.4, -0.2) is 58.8 Å². The van der Waals surface area contributed by atoms with Crippen molar-refractivity contribution in [1.29, 1.82) is 0 Å². The number of para-hydroxylation sites is 1. The van der Waals surface area contributed by atoms with Crippen LogP contribution in [-0.2, 0) is 11.3 Å². The van der Waals surface area contributed by atoms with E-state index in [1.165, 1.54) is 0 Å². The Balaban J connectivity index is 1.59. The second-order valence-corrected chi connectivity index (χ2v) is 9.14. The summed E-state index contributed by atoms with van der Waals surface area (Å²) < 4.78 is 19.4. The van der Waals surface area contributed by atoms with Crippen LogP contribution in [0.1, 0.15) is 43.9 Å². The van der Waals surface area contributed by atoms with E-state index >= 15 is 0 Å². The summed E-state index contributed by atoms with van der Waals surface area (Å²) in [7, 11) is 1.65. The average molecular weight is 480 g/mol. The van der Waals surface area contributed by atoms with Crippen LogP contribution < -0.4 is 9.47 Å². The van der Waals surface area contributed by atoms with Gasteiger partial charge in [0.25, 0.3) is 0 Å². The fourth-order valence-electron chi connectivity index (χ4n) is 4.12. The van der Waals surface area contributed by atoms with Crippen molar-refractivity contribution in [2.24, 2.45) is 0 Å². The lowest BCUT2D eigenvalue weighted by molar-refractivity contribution is 0.0127. The van der Waals surface area contributed by atoms with Gasteiger partial charge in [0.15, 0.2) is 0 Å². The van der Waals surface area contributed by atoms with E-state index < -0.39 is 6.10 Å². The van der Waals surface area contributed by atoms with Gasteiger partial charge in [-0.25, -0.2) is 4.68 Å². The molecule has 1 saturated carbocycles. The molecule has 0 amide bonds. The van der Waals surface area contributed by atoms with Crippen molar-refractivity contribution >= 4 is 0 Å². The average Bonchev–Trinajstić information content (AvgIpc) is 3.68. The molecule has 1 atom stereocenters. The molecule has 1 N–H and O–H groups in total. The van der Waals surface area contributed by atoms with Gasteiger partial charge in [-0.1, -0.05) is 37.6 Å². The van der Waals surface area contributed by atoms with Gasteiger partial charge in [-0.05, 0) is 50.5 Å². The smallest absolute Gasteiger partial charge is 0.227 e. The first-order valence-corrected chi connectivity index (χ1v) is 12.5. The van der Waals surface area contributed by atoms with Crippen molar-refractivity contribution < 1.29 is 19.3 Å². The van der Waals surface area contributed by atoms with Gasteiger partial charge in [-0.3, -0.25) is 4.90 Å². The normalized spacial score (nSPS) is 14.3. The summed E-state index contributed by atoms with van der Waals surface area (Å²) in [4.78, 5) is 2.34. The highest BCUT2D eigenvalue weighted by molar-refractivity contribution is 5.44. The lowest BCUT2D eigenvalue weighted by Crippen LogP contribution is -2.36. The fraction of sp³-hybridized carbons (Fsp3) is 0.464. The van der Waals surface area contributed by atoms with Crippen molar-refractivity contribution in [2.45, 2.75) is 58.2 Å². The standard InChI is InChI=1S/C28H37N3O4/c1-4-5-16-34-20-24(32)18-30(22-14-15-22)19-27-21(2)29-31(23-10-7-6-8-11-23)28(27)35-26-13-9-12-25(17-26)33-3/h6-13,17,22,24,32H,4-5,14-16,18-20H2,1-3H3/t24-/m1/s1. The van der Waals surface area contributed by atoms with Gasteiger partial charge in [0.2, 0.25) is 5.88 Å². The number of hydrogen-bond acceptors (Lipinski definition) is 6. The highest BCUT2D eigenvalue weighted by Gasteiger charge is 2.32. The third-order valence-corrected chi connectivity index (χ3v) is 6.22. The maximum atomic E-state index is 10.7. The number of ether oxygens (including phenoxy) is 3. The molecule has 7 nitrogen and oxygen atoms in total. The fourth-order valence-corrected chi connectivity index (χ4v) is 4.12. The molecule has 35 heavy (non-hydrogen) atoms. The molecule has 0 spiro atoms. The van der Waals surface area contributed by atoms with E-state index in [4.69, 9.17) is 19.3 Å². The minimum absolute atomic E-state index is 0.360. The van der Waals surface area contributed by atoms with E-state index in [2.05, 4.69) is 11.8 Å². The number of aliphatic hydroxyl groups is 1. The van der Waals surface area contributed by atoms with Gasteiger partial charge < -0.3 is 19.3 Å². The Morgan fingerprint density at radius 1 is 1.11 bits per heavy atom. The molecule has 0 radical (unpaired) electrons. The molecule has 1 aliphatic rings. The van der Waals surface area contributed by atoms with Crippen LogP contribution in [0.25, 0.3) is 5.69 Å². The molecular formula is C28H37N3O4. The zero-order chi connectivity index (χ0) is 24.6. The van der Waals surface area contributed by atoms with E-state index in [1.54, 1.807) is 7.11 Å². The van der Waals surface area contributed by atoms with Crippen molar-refractivity contribution in [2.75, 3.05) is 26.9 Å². The van der Waals surface area contributed by atoms with Crippen LogP contribution in [0.15, 0.2) is 54.6 Å². The van der Waals surface area contributed by atoms with Gasteiger partial charge in [0.1, 0.15) is 11.5 Å². The monoisotopic (exact) mass is 479 g/mol. The highest BCUT2D eigenvalue weighted by atomic mass is 16.5. The van der Waals surface area contributed by atoms with Crippen LogP contribution in [0.2, 0.25) is 0 Å². The lowest BCUT2D eigenvalue weighted by atomic mass is 10.2. The van der Waals surface area contributed by atoms with Gasteiger partial charge in [-0.15, -0.1) is 0 Å². The number of unbranched alkanes of at least 4 members (excludes halogenated alkanes) is 1. The van der Waals surface area contributed by atoms with Crippen molar-refractivity contribution in [3.63, 3.8) is 0 Å². The number of hydrogen-bond donors (Lipinski definition) is 1. The van der Waals surface area contributed by atoms with E-state index in [1.807, 2.05) is 66.2 Å². The predicted octanol–water partition coefficient (Wildman–Crippen LogP) is 5.12. The maximum Gasteiger partial charge on any atom is 0.227 e. The predicted molar refractivity (Wildman–Crippen MR) is 137 cm³/mol. The van der Waals surface area contributed by atoms with Gasteiger partial charge >= 0.3 is 0 Å².